The number of thiophene rings is 1. The maximum Gasteiger partial charge on any atom is 0.0922 e. The first kappa shape index (κ1) is 12.0. The summed E-state index contributed by atoms with van der Waals surface area (Å²) >= 11 is 1.62. The van der Waals surface area contributed by atoms with E-state index in [-0.39, 0.29) is 6.10 Å². The Morgan fingerprint density at radius 1 is 1.69 bits per heavy atom. The molecular formula is C12H19NO2S. The molecule has 2 N–H and O–H groups in total. The van der Waals surface area contributed by atoms with E-state index in [2.05, 4.69) is 12.2 Å². The minimum atomic E-state index is -0.385. The molecule has 0 spiro atoms. The lowest BCUT2D eigenvalue weighted by molar-refractivity contribution is 0.0110. The first-order valence-corrected chi connectivity index (χ1v) is 6.75. The minimum Gasteiger partial charge on any atom is -0.387 e. The van der Waals surface area contributed by atoms with Gasteiger partial charge in [-0.05, 0) is 42.2 Å². The van der Waals surface area contributed by atoms with E-state index < -0.39 is 0 Å². The Balaban J connectivity index is 1.74. The molecule has 1 saturated heterocycles. The van der Waals surface area contributed by atoms with Gasteiger partial charge in [0.05, 0.1) is 12.2 Å². The lowest BCUT2D eigenvalue weighted by Gasteiger charge is -2.28. The van der Waals surface area contributed by atoms with Gasteiger partial charge < -0.3 is 15.2 Å². The average Bonchev–Trinajstić information content (AvgIpc) is 2.79. The number of aliphatic hydroxyl groups is 1. The highest BCUT2D eigenvalue weighted by Crippen LogP contribution is 2.17. The van der Waals surface area contributed by atoms with Gasteiger partial charge in [-0.3, -0.25) is 0 Å². The normalized spacial score (nSPS) is 27.9. The van der Waals surface area contributed by atoms with Crippen molar-refractivity contribution in [1.82, 2.24) is 5.32 Å². The Kier molecular flexibility index (Phi) is 4.35. The summed E-state index contributed by atoms with van der Waals surface area (Å²) in [6.45, 7) is 3.56. The van der Waals surface area contributed by atoms with Crippen LogP contribution in [0.4, 0.5) is 0 Å². The van der Waals surface area contributed by atoms with Crippen LogP contribution in [0.15, 0.2) is 16.8 Å². The maximum absolute atomic E-state index is 9.92. The fourth-order valence-electron chi connectivity index (χ4n) is 2.04. The van der Waals surface area contributed by atoms with Crippen LogP contribution in [0.5, 0.6) is 0 Å². The van der Waals surface area contributed by atoms with E-state index in [0.717, 1.165) is 25.0 Å². The van der Waals surface area contributed by atoms with Crippen molar-refractivity contribution in [3.63, 3.8) is 0 Å². The number of rotatable bonds is 4. The lowest BCUT2D eigenvalue weighted by atomic mass is 10.0. The topological polar surface area (TPSA) is 41.5 Å². The maximum atomic E-state index is 9.92. The molecular weight excluding hydrogens is 222 g/mol. The van der Waals surface area contributed by atoms with Gasteiger partial charge >= 0.3 is 0 Å². The summed E-state index contributed by atoms with van der Waals surface area (Å²) in [6.07, 6.45) is 2.03. The fourth-order valence-corrected chi connectivity index (χ4v) is 2.75. The molecule has 1 fully saturated rings. The first-order valence-electron chi connectivity index (χ1n) is 5.81. The van der Waals surface area contributed by atoms with Crippen molar-refractivity contribution in [3.8, 4) is 0 Å². The van der Waals surface area contributed by atoms with Crippen LogP contribution in [0, 0.1) is 0 Å². The van der Waals surface area contributed by atoms with Crippen molar-refractivity contribution in [1.29, 1.82) is 0 Å². The Labute approximate surface area is 100 Å². The van der Waals surface area contributed by atoms with Crippen LogP contribution in [-0.4, -0.2) is 30.4 Å². The van der Waals surface area contributed by atoms with Gasteiger partial charge in [-0.2, -0.15) is 11.3 Å². The molecule has 0 saturated carbocycles. The number of nitrogens with one attached hydrogen (secondary N) is 1. The van der Waals surface area contributed by atoms with Gasteiger partial charge in [0.25, 0.3) is 0 Å². The molecule has 1 aliphatic heterocycles. The zero-order valence-corrected chi connectivity index (χ0v) is 10.4. The molecule has 3 atom stereocenters. The van der Waals surface area contributed by atoms with Crippen molar-refractivity contribution < 1.29 is 9.84 Å². The summed E-state index contributed by atoms with van der Waals surface area (Å²) in [5.74, 6) is 0. The van der Waals surface area contributed by atoms with Crippen molar-refractivity contribution in [2.24, 2.45) is 0 Å². The van der Waals surface area contributed by atoms with Gasteiger partial charge in [-0.25, -0.2) is 0 Å². The van der Waals surface area contributed by atoms with Crippen molar-refractivity contribution in [2.75, 3.05) is 13.2 Å². The number of hydrogen-bond donors (Lipinski definition) is 2. The van der Waals surface area contributed by atoms with Crippen LogP contribution in [0.1, 0.15) is 31.4 Å². The van der Waals surface area contributed by atoms with Gasteiger partial charge in [-0.1, -0.05) is 0 Å². The molecule has 3 nitrogen and oxygen atoms in total. The van der Waals surface area contributed by atoms with Crippen molar-refractivity contribution in [3.05, 3.63) is 22.4 Å². The van der Waals surface area contributed by atoms with Crippen molar-refractivity contribution in [2.45, 2.75) is 38.0 Å². The molecule has 0 aromatic carbocycles. The van der Waals surface area contributed by atoms with Crippen LogP contribution in [0.3, 0.4) is 0 Å². The van der Waals surface area contributed by atoms with Crippen LogP contribution in [0.25, 0.3) is 0 Å². The molecule has 90 valence electrons. The van der Waals surface area contributed by atoms with Crippen molar-refractivity contribution >= 4 is 11.3 Å². The molecule has 0 bridgehead atoms. The molecule has 2 rings (SSSR count). The van der Waals surface area contributed by atoms with E-state index >= 15 is 0 Å². The Hall–Kier alpha value is -0.420. The number of ether oxygens (including phenoxy) is 1. The van der Waals surface area contributed by atoms with Crippen LogP contribution < -0.4 is 5.32 Å². The highest BCUT2D eigenvalue weighted by atomic mass is 32.1. The Bertz CT molecular complexity index is 302. The predicted octanol–water partition coefficient (Wildman–Crippen LogP) is 1.94. The molecule has 1 aromatic heterocycles. The molecule has 3 unspecified atom stereocenters. The van der Waals surface area contributed by atoms with Gasteiger partial charge in [-0.15, -0.1) is 0 Å². The Morgan fingerprint density at radius 2 is 2.56 bits per heavy atom. The summed E-state index contributed by atoms with van der Waals surface area (Å²) in [6, 6.07) is 2.46. The molecule has 2 heterocycles. The lowest BCUT2D eigenvalue weighted by Crippen LogP contribution is -2.39. The highest BCUT2D eigenvalue weighted by Gasteiger charge is 2.19. The molecule has 1 aromatic rings. The van der Waals surface area contributed by atoms with Gasteiger partial charge in [0, 0.05) is 19.2 Å². The molecule has 4 heteroatoms. The van der Waals surface area contributed by atoms with Gasteiger partial charge in [0.2, 0.25) is 0 Å². The minimum absolute atomic E-state index is 0.338. The first-order chi connectivity index (χ1) is 7.75. The molecule has 0 amide bonds. The molecule has 0 aliphatic carbocycles. The SMILES string of the molecule is CC1CC(NCC(O)c2ccsc2)CCO1. The fraction of sp³-hybridized carbons (Fsp3) is 0.667. The monoisotopic (exact) mass is 241 g/mol. The quantitative estimate of drug-likeness (QED) is 0.846. The van der Waals surface area contributed by atoms with E-state index in [1.165, 1.54) is 0 Å². The van der Waals surface area contributed by atoms with E-state index in [1.807, 2.05) is 16.8 Å². The Morgan fingerprint density at radius 3 is 3.25 bits per heavy atom. The predicted molar refractivity (Wildman–Crippen MR) is 65.7 cm³/mol. The van der Waals surface area contributed by atoms with Gasteiger partial charge in [0.1, 0.15) is 0 Å². The average molecular weight is 241 g/mol. The standard InChI is InChI=1S/C12H19NO2S/c1-9-6-11(2-4-15-9)13-7-12(14)10-3-5-16-8-10/h3,5,8-9,11-14H,2,4,6-7H2,1H3. The van der Waals surface area contributed by atoms with Crippen LogP contribution >= 0.6 is 11.3 Å². The molecule has 0 radical (unpaired) electrons. The summed E-state index contributed by atoms with van der Waals surface area (Å²) in [7, 11) is 0. The number of aliphatic hydroxyl groups excluding tert-OH is 1. The molecule has 1 aliphatic rings. The second-order valence-corrected chi connectivity index (χ2v) is 5.16. The largest absolute Gasteiger partial charge is 0.387 e. The molecule has 16 heavy (non-hydrogen) atoms. The van der Waals surface area contributed by atoms with Gasteiger partial charge in [0.15, 0.2) is 0 Å². The van der Waals surface area contributed by atoms with E-state index in [1.54, 1.807) is 11.3 Å². The van der Waals surface area contributed by atoms with Crippen LogP contribution in [-0.2, 0) is 4.74 Å². The summed E-state index contributed by atoms with van der Waals surface area (Å²) in [5, 5.41) is 17.3. The van der Waals surface area contributed by atoms with E-state index in [4.69, 9.17) is 4.74 Å². The zero-order chi connectivity index (χ0) is 11.4. The third kappa shape index (κ3) is 3.28. The van der Waals surface area contributed by atoms with E-state index in [0.29, 0.717) is 18.7 Å². The third-order valence-corrected chi connectivity index (χ3v) is 3.71. The third-order valence-electron chi connectivity index (χ3n) is 3.01. The second-order valence-electron chi connectivity index (χ2n) is 4.38. The second kappa shape index (κ2) is 5.77. The summed E-state index contributed by atoms with van der Waals surface area (Å²) < 4.78 is 5.49. The summed E-state index contributed by atoms with van der Waals surface area (Å²) in [5.41, 5.74) is 1.01. The summed E-state index contributed by atoms with van der Waals surface area (Å²) in [4.78, 5) is 0. The number of hydrogen-bond acceptors (Lipinski definition) is 4. The van der Waals surface area contributed by atoms with Crippen LogP contribution in [0.2, 0.25) is 0 Å². The highest BCUT2D eigenvalue weighted by molar-refractivity contribution is 7.07. The van der Waals surface area contributed by atoms with E-state index in [9.17, 15) is 5.11 Å². The smallest absolute Gasteiger partial charge is 0.0922 e. The zero-order valence-electron chi connectivity index (χ0n) is 9.56.